The molecular formula is C11H19N. The zero-order valence-electron chi connectivity index (χ0n) is 8.76. The van der Waals surface area contributed by atoms with Crippen LogP contribution < -0.4 is 0 Å². The molecule has 0 N–H and O–H groups in total. The van der Waals surface area contributed by atoms with Crippen LogP contribution in [0, 0.1) is 5.41 Å². The maximum atomic E-state index is 3.85. The number of hydrogen-bond acceptors (Lipinski definition) is 1. The van der Waals surface area contributed by atoms with Crippen molar-refractivity contribution < 1.29 is 0 Å². The first kappa shape index (κ1) is 11.2. The molecule has 0 bridgehead atoms. The first-order valence-electron chi connectivity index (χ1n) is 4.24. The molecule has 68 valence electrons. The Morgan fingerprint density at radius 1 is 1.17 bits per heavy atom. The highest BCUT2D eigenvalue weighted by atomic mass is 14.6. The number of nitrogens with zero attached hydrogens (tertiary/aromatic N) is 1. The van der Waals surface area contributed by atoms with Crippen LogP contribution >= 0.6 is 0 Å². The van der Waals surface area contributed by atoms with Crippen molar-refractivity contribution >= 4 is 6.21 Å². The lowest BCUT2D eigenvalue weighted by Crippen LogP contribution is -2.05. The zero-order chi connectivity index (χ0) is 9.61. The molecule has 0 saturated carbocycles. The summed E-state index contributed by atoms with van der Waals surface area (Å²) in [5.41, 5.74) is 1.65. The molecule has 0 fully saturated rings. The molecule has 0 aliphatic heterocycles. The molecule has 0 amide bonds. The van der Waals surface area contributed by atoms with Crippen molar-refractivity contribution in [2.45, 2.75) is 27.7 Å². The van der Waals surface area contributed by atoms with Gasteiger partial charge in [-0.1, -0.05) is 38.5 Å². The molecule has 0 aliphatic rings. The summed E-state index contributed by atoms with van der Waals surface area (Å²) in [6.07, 6.45) is 7.87. The van der Waals surface area contributed by atoms with Crippen molar-refractivity contribution in [2.75, 3.05) is 7.05 Å². The zero-order valence-corrected chi connectivity index (χ0v) is 8.76. The molecule has 0 atom stereocenters. The largest absolute Gasteiger partial charge is 0.297 e. The molecule has 0 aromatic heterocycles. The summed E-state index contributed by atoms with van der Waals surface area (Å²) in [5.74, 6) is 0. The van der Waals surface area contributed by atoms with E-state index < -0.39 is 0 Å². The fourth-order valence-electron chi connectivity index (χ4n) is 0.586. The first-order chi connectivity index (χ1) is 5.48. The monoisotopic (exact) mass is 165 g/mol. The predicted molar refractivity (Wildman–Crippen MR) is 56.8 cm³/mol. The van der Waals surface area contributed by atoms with E-state index in [1.807, 2.05) is 12.2 Å². The average molecular weight is 165 g/mol. The summed E-state index contributed by atoms with van der Waals surface area (Å²) in [7, 11) is 1.77. The van der Waals surface area contributed by atoms with Gasteiger partial charge in [-0.25, -0.2) is 0 Å². The molecular weight excluding hydrogens is 146 g/mol. The van der Waals surface area contributed by atoms with Crippen molar-refractivity contribution in [3.8, 4) is 0 Å². The van der Waals surface area contributed by atoms with Crippen LogP contribution in [0.5, 0.6) is 0 Å². The van der Waals surface area contributed by atoms with Gasteiger partial charge >= 0.3 is 0 Å². The van der Waals surface area contributed by atoms with E-state index in [2.05, 4.69) is 38.8 Å². The minimum Gasteiger partial charge on any atom is -0.297 e. The van der Waals surface area contributed by atoms with E-state index in [1.165, 1.54) is 5.57 Å². The smallest absolute Gasteiger partial charge is 0.0277 e. The van der Waals surface area contributed by atoms with Crippen LogP contribution in [0.15, 0.2) is 28.8 Å². The van der Waals surface area contributed by atoms with Crippen LogP contribution in [0.2, 0.25) is 0 Å². The molecule has 0 rings (SSSR count). The third kappa shape index (κ3) is 4.89. The van der Waals surface area contributed by atoms with E-state index in [-0.39, 0.29) is 5.41 Å². The molecule has 0 aromatic carbocycles. The van der Waals surface area contributed by atoms with Gasteiger partial charge in [0.05, 0.1) is 0 Å². The van der Waals surface area contributed by atoms with Crippen molar-refractivity contribution in [1.29, 1.82) is 0 Å². The topological polar surface area (TPSA) is 12.4 Å². The van der Waals surface area contributed by atoms with Gasteiger partial charge in [0, 0.05) is 13.3 Å². The molecule has 0 heterocycles. The van der Waals surface area contributed by atoms with Gasteiger partial charge in [-0.3, -0.25) is 4.99 Å². The molecule has 0 unspecified atom stereocenters. The van der Waals surface area contributed by atoms with E-state index >= 15 is 0 Å². The van der Waals surface area contributed by atoms with Gasteiger partial charge in [0.15, 0.2) is 0 Å². The molecule has 1 nitrogen and oxygen atoms in total. The maximum absolute atomic E-state index is 3.85. The Bertz CT molecular complexity index is 202. The minimum atomic E-state index is 0.272. The molecule has 1 heteroatoms. The number of hydrogen-bond donors (Lipinski definition) is 0. The van der Waals surface area contributed by atoms with Crippen molar-refractivity contribution in [1.82, 2.24) is 0 Å². The molecule has 12 heavy (non-hydrogen) atoms. The lowest BCUT2D eigenvalue weighted by Gasteiger charge is -2.18. The van der Waals surface area contributed by atoms with Crippen LogP contribution in [0.3, 0.4) is 0 Å². The summed E-state index contributed by atoms with van der Waals surface area (Å²) in [6, 6.07) is 0. The summed E-state index contributed by atoms with van der Waals surface area (Å²) in [5, 5.41) is 0. The highest BCUT2D eigenvalue weighted by molar-refractivity contribution is 5.71. The van der Waals surface area contributed by atoms with Gasteiger partial charge in [0.25, 0.3) is 0 Å². The van der Waals surface area contributed by atoms with E-state index in [0.717, 1.165) is 0 Å². The Kier molecular flexibility index (Phi) is 4.57. The SMILES string of the molecule is CN=C/C=C\C=C(/C)C(C)(C)C. The molecule has 0 spiro atoms. The van der Waals surface area contributed by atoms with Gasteiger partial charge in [-0.15, -0.1) is 0 Å². The van der Waals surface area contributed by atoms with Crippen LogP contribution in [-0.4, -0.2) is 13.3 Å². The lowest BCUT2D eigenvalue weighted by atomic mass is 9.87. The van der Waals surface area contributed by atoms with Crippen molar-refractivity contribution in [3.63, 3.8) is 0 Å². The van der Waals surface area contributed by atoms with Crippen LogP contribution in [0.4, 0.5) is 0 Å². The Hall–Kier alpha value is -0.850. The van der Waals surface area contributed by atoms with Gasteiger partial charge < -0.3 is 0 Å². The van der Waals surface area contributed by atoms with E-state index in [4.69, 9.17) is 0 Å². The van der Waals surface area contributed by atoms with Gasteiger partial charge in [-0.2, -0.15) is 0 Å². The lowest BCUT2D eigenvalue weighted by molar-refractivity contribution is 0.504. The van der Waals surface area contributed by atoms with E-state index in [9.17, 15) is 0 Å². The Labute approximate surface area is 75.9 Å². The molecule has 0 radical (unpaired) electrons. The number of allylic oxidation sites excluding steroid dienone is 4. The number of aliphatic imine (C=N–C) groups is 1. The van der Waals surface area contributed by atoms with Crippen molar-refractivity contribution in [3.05, 3.63) is 23.8 Å². The second-order valence-corrected chi connectivity index (χ2v) is 3.89. The normalized spacial score (nSPS) is 14.9. The second kappa shape index (κ2) is 4.91. The standard InChI is InChI=1S/C11H19N/c1-10(11(2,3)4)8-6-7-9-12-5/h6-9H,1-5H3/b7-6-,10-8+,12-9?. The molecule has 0 saturated heterocycles. The highest BCUT2D eigenvalue weighted by Crippen LogP contribution is 2.23. The fraction of sp³-hybridized carbons (Fsp3) is 0.545. The summed E-state index contributed by atoms with van der Waals surface area (Å²) in [6.45, 7) is 8.77. The second-order valence-electron chi connectivity index (χ2n) is 3.89. The first-order valence-corrected chi connectivity index (χ1v) is 4.24. The van der Waals surface area contributed by atoms with Crippen LogP contribution in [-0.2, 0) is 0 Å². The van der Waals surface area contributed by atoms with Gasteiger partial charge in [0.2, 0.25) is 0 Å². The Balaban J connectivity index is 4.19. The Morgan fingerprint density at radius 2 is 1.75 bits per heavy atom. The van der Waals surface area contributed by atoms with E-state index in [1.54, 1.807) is 13.3 Å². The predicted octanol–water partition coefficient (Wildman–Crippen LogP) is 3.24. The summed E-state index contributed by atoms with van der Waals surface area (Å²) >= 11 is 0. The summed E-state index contributed by atoms with van der Waals surface area (Å²) < 4.78 is 0. The van der Waals surface area contributed by atoms with Crippen LogP contribution in [0.1, 0.15) is 27.7 Å². The third-order valence-electron chi connectivity index (χ3n) is 1.88. The quantitative estimate of drug-likeness (QED) is 0.440. The Morgan fingerprint density at radius 3 is 2.17 bits per heavy atom. The third-order valence-corrected chi connectivity index (χ3v) is 1.88. The minimum absolute atomic E-state index is 0.272. The maximum Gasteiger partial charge on any atom is 0.0277 e. The van der Waals surface area contributed by atoms with E-state index in [0.29, 0.717) is 0 Å². The van der Waals surface area contributed by atoms with Gasteiger partial charge in [0.1, 0.15) is 0 Å². The molecule has 0 aromatic rings. The van der Waals surface area contributed by atoms with Crippen LogP contribution in [0.25, 0.3) is 0 Å². The van der Waals surface area contributed by atoms with Crippen molar-refractivity contribution in [2.24, 2.45) is 10.4 Å². The number of rotatable bonds is 2. The molecule has 0 aliphatic carbocycles. The van der Waals surface area contributed by atoms with Gasteiger partial charge in [-0.05, 0) is 18.4 Å². The highest BCUT2D eigenvalue weighted by Gasteiger charge is 2.10. The summed E-state index contributed by atoms with van der Waals surface area (Å²) in [4.78, 5) is 3.85. The fourth-order valence-corrected chi connectivity index (χ4v) is 0.586. The average Bonchev–Trinajstić information content (AvgIpc) is 1.96.